The third-order valence-electron chi connectivity index (χ3n) is 4.32. The van der Waals surface area contributed by atoms with Crippen LogP contribution in [0.15, 0.2) is 47.4 Å². The number of amides is 1. The van der Waals surface area contributed by atoms with Gasteiger partial charge in [-0.15, -0.1) is 0 Å². The highest BCUT2D eigenvalue weighted by Crippen LogP contribution is 2.25. The second kappa shape index (κ2) is 8.40. The standard InChI is InChI=1S/C19H19ClN2O5S/c1-13(23)14-3-2-4-15(11-14)21-19(24)17-12-16(5-6-18(17)20)28(25,26)22-7-9-27-10-8-22/h2-6,11-12H,7-10H2,1H3,(H,21,24). The Morgan fingerprint density at radius 3 is 2.50 bits per heavy atom. The molecule has 1 fully saturated rings. The van der Waals surface area contributed by atoms with E-state index in [1.165, 1.54) is 29.4 Å². The summed E-state index contributed by atoms with van der Waals surface area (Å²) in [7, 11) is -3.76. The molecule has 0 spiro atoms. The number of carbonyl (C=O) groups excluding carboxylic acids is 2. The molecule has 9 heteroatoms. The van der Waals surface area contributed by atoms with Gasteiger partial charge in [-0.1, -0.05) is 23.7 Å². The van der Waals surface area contributed by atoms with E-state index in [2.05, 4.69) is 5.32 Å². The van der Waals surface area contributed by atoms with Gasteiger partial charge in [-0.05, 0) is 37.3 Å². The monoisotopic (exact) mass is 422 g/mol. The first-order valence-corrected chi connectivity index (χ1v) is 10.4. The molecule has 28 heavy (non-hydrogen) atoms. The van der Waals surface area contributed by atoms with Gasteiger partial charge in [-0.25, -0.2) is 8.42 Å². The molecule has 1 heterocycles. The fourth-order valence-corrected chi connectivity index (χ4v) is 4.43. The number of morpholine rings is 1. The minimum atomic E-state index is -3.76. The summed E-state index contributed by atoms with van der Waals surface area (Å²) in [5, 5.41) is 2.77. The predicted octanol–water partition coefficient (Wildman–Crippen LogP) is 2.82. The van der Waals surface area contributed by atoms with Crippen molar-refractivity contribution in [3.8, 4) is 0 Å². The molecular weight excluding hydrogens is 404 g/mol. The van der Waals surface area contributed by atoms with Crippen LogP contribution in [0.5, 0.6) is 0 Å². The van der Waals surface area contributed by atoms with E-state index >= 15 is 0 Å². The maximum atomic E-state index is 12.8. The second-order valence-electron chi connectivity index (χ2n) is 6.25. The van der Waals surface area contributed by atoms with E-state index in [1.54, 1.807) is 24.3 Å². The summed E-state index contributed by atoms with van der Waals surface area (Å²) in [6, 6.07) is 10.5. The van der Waals surface area contributed by atoms with Gasteiger partial charge in [0.05, 0.1) is 28.7 Å². The number of sulfonamides is 1. The molecule has 7 nitrogen and oxygen atoms in total. The molecular formula is C19H19ClN2O5S. The molecule has 1 amide bonds. The van der Waals surface area contributed by atoms with Gasteiger partial charge in [0.25, 0.3) is 5.91 Å². The van der Waals surface area contributed by atoms with Crippen LogP contribution in [0.2, 0.25) is 5.02 Å². The van der Waals surface area contributed by atoms with Crippen molar-refractivity contribution in [2.24, 2.45) is 0 Å². The van der Waals surface area contributed by atoms with Gasteiger partial charge in [0.15, 0.2) is 5.78 Å². The van der Waals surface area contributed by atoms with Crippen LogP contribution in [0.25, 0.3) is 0 Å². The van der Waals surface area contributed by atoms with Gasteiger partial charge in [-0.3, -0.25) is 9.59 Å². The summed E-state index contributed by atoms with van der Waals surface area (Å²) in [6.45, 7) is 2.59. The quantitative estimate of drug-likeness (QED) is 0.748. The van der Waals surface area contributed by atoms with Crippen LogP contribution in [0, 0.1) is 0 Å². The number of hydrogen-bond acceptors (Lipinski definition) is 5. The Labute approximate surface area is 168 Å². The summed E-state index contributed by atoms with van der Waals surface area (Å²) < 4.78 is 32.1. The van der Waals surface area contributed by atoms with Crippen molar-refractivity contribution in [3.05, 3.63) is 58.6 Å². The lowest BCUT2D eigenvalue weighted by atomic mass is 10.1. The zero-order valence-corrected chi connectivity index (χ0v) is 16.7. The van der Waals surface area contributed by atoms with Crippen molar-refractivity contribution in [1.29, 1.82) is 0 Å². The molecule has 2 aromatic rings. The number of ether oxygens (including phenoxy) is 1. The summed E-state index contributed by atoms with van der Waals surface area (Å²) >= 11 is 6.13. The highest BCUT2D eigenvalue weighted by Gasteiger charge is 2.27. The highest BCUT2D eigenvalue weighted by atomic mass is 35.5. The number of nitrogens with one attached hydrogen (secondary N) is 1. The number of rotatable bonds is 5. The first-order chi connectivity index (χ1) is 13.3. The summed E-state index contributed by atoms with van der Waals surface area (Å²) in [4.78, 5) is 24.1. The van der Waals surface area contributed by atoms with Crippen molar-refractivity contribution in [3.63, 3.8) is 0 Å². The van der Waals surface area contributed by atoms with Gasteiger partial charge in [0.1, 0.15) is 0 Å². The lowest BCUT2D eigenvalue weighted by molar-refractivity contribution is 0.0730. The van der Waals surface area contributed by atoms with Crippen LogP contribution in [-0.4, -0.2) is 50.7 Å². The number of anilines is 1. The fourth-order valence-electron chi connectivity index (χ4n) is 2.79. The number of carbonyl (C=O) groups is 2. The Bertz CT molecular complexity index is 1020. The van der Waals surface area contributed by atoms with Gasteiger partial charge in [-0.2, -0.15) is 4.31 Å². The third-order valence-corrected chi connectivity index (χ3v) is 6.54. The SMILES string of the molecule is CC(=O)c1cccc(NC(=O)c2cc(S(=O)(=O)N3CCOCC3)ccc2Cl)c1. The van der Waals surface area contributed by atoms with Crippen molar-refractivity contribution >= 4 is 39.0 Å². The zero-order valence-electron chi connectivity index (χ0n) is 15.1. The summed E-state index contributed by atoms with van der Waals surface area (Å²) in [5.41, 5.74) is 0.895. The topological polar surface area (TPSA) is 92.8 Å². The van der Waals surface area contributed by atoms with Gasteiger partial charge < -0.3 is 10.1 Å². The van der Waals surface area contributed by atoms with Crippen LogP contribution >= 0.6 is 11.6 Å². The Morgan fingerprint density at radius 2 is 1.82 bits per heavy atom. The van der Waals surface area contributed by atoms with Crippen LogP contribution in [0.4, 0.5) is 5.69 Å². The summed E-state index contributed by atoms with van der Waals surface area (Å²) in [6.07, 6.45) is 0. The minimum Gasteiger partial charge on any atom is -0.379 e. The minimum absolute atomic E-state index is 0.0126. The average molecular weight is 423 g/mol. The molecule has 0 bridgehead atoms. The van der Waals surface area contributed by atoms with Gasteiger partial charge in [0, 0.05) is 24.3 Å². The third kappa shape index (κ3) is 4.41. The van der Waals surface area contributed by atoms with Crippen LogP contribution in [0.1, 0.15) is 27.6 Å². The number of benzene rings is 2. The lowest BCUT2D eigenvalue weighted by Gasteiger charge is -2.26. The fraction of sp³-hybridized carbons (Fsp3) is 0.263. The molecule has 3 rings (SSSR count). The normalized spacial score (nSPS) is 15.2. The van der Waals surface area contributed by atoms with Crippen LogP contribution in [-0.2, 0) is 14.8 Å². The first-order valence-electron chi connectivity index (χ1n) is 8.59. The van der Waals surface area contributed by atoms with E-state index < -0.39 is 15.9 Å². The molecule has 148 valence electrons. The van der Waals surface area contributed by atoms with E-state index in [1.807, 2.05) is 0 Å². The molecule has 0 aromatic heterocycles. The van der Waals surface area contributed by atoms with Gasteiger partial charge in [0.2, 0.25) is 10.0 Å². The zero-order chi connectivity index (χ0) is 20.3. The van der Waals surface area contributed by atoms with E-state index in [0.717, 1.165) is 0 Å². The average Bonchev–Trinajstić information content (AvgIpc) is 2.69. The predicted molar refractivity (Wildman–Crippen MR) is 105 cm³/mol. The van der Waals surface area contributed by atoms with E-state index in [4.69, 9.17) is 16.3 Å². The smallest absolute Gasteiger partial charge is 0.257 e. The first kappa shape index (κ1) is 20.5. The molecule has 0 atom stereocenters. The number of hydrogen-bond donors (Lipinski definition) is 1. The van der Waals surface area contributed by atoms with Crippen LogP contribution < -0.4 is 5.32 Å². The molecule has 0 radical (unpaired) electrons. The molecule has 0 aliphatic carbocycles. The Balaban J connectivity index is 1.88. The molecule has 0 saturated carbocycles. The van der Waals surface area contributed by atoms with E-state index in [0.29, 0.717) is 24.5 Å². The lowest BCUT2D eigenvalue weighted by Crippen LogP contribution is -2.40. The Kier molecular flexibility index (Phi) is 6.14. The van der Waals surface area contributed by atoms with Crippen LogP contribution in [0.3, 0.4) is 0 Å². The maximum absolute atomic E-state index is 12.8. The molecule has 0 unspecified atom stereocenters. The van der Waals surface area contributed by atoms with Crippen molar-refractivity contribution in [2.75, 3.05) is 31.6 Å². The van der Waals surface area contributed by atoms with Crippen molar-refractivity contribution in [1.82, 2.24) is 4.31 Å². The van der Waals surface area contributed by atoms with E-state index in [9.17, 15) is 18.0 Å². The summed E-state index contributed by atoms with van der Waals surface area (Å²) in [5.74, 6) is -0.697. The highest BCUT2D eigenvalue weighted by molar-refractivity contribution is 7.89. The Morgan fingerprint density at radius 1 is 1.11 bits per heavy atom. The van der Waals surface area contributed by atoms with Crippen molar-refractivity contribution < 1.29 is 22.7 Å². The molecule has 1 saturated heterocycles. The number of Topliss-reactive ketones (excluding diaryl/α,β-unsaturated/α-hetero) is 1. The molecule has 1 N–H and O–H groups in total. The molecule has 1 aliphatic heterocycles. The molecule has 2 aromatic carbocycles. The largest absolute Gasteiger partial charge is 0.379 e. The number of halogens is 1. The second-order valence-corrected chi connectivity index (χ2v) is 8.59. The number of nitrogens with zero attached hydrogens (tertiary/aromatic N) is 1. The van der Waals surface area contributed by atoms with Gasteiger partial charge >= 0.3 is 0 Å². The Hall–Kier alpha value is -2.26. The number of ketones is 1. The van der Waals surface area contributed by atoms with Crippen molar-refractivity contribution in [2.45, 2.75) is 11.8 Å². The van der Waals surface area contributed by atoms with E-state index in [-0.39, 0.29) is 34.4 Å². The molecule has 1 aliphatic rings. The maximum Gasteiger partial charge on any atom is 0.257 e.